The summed E-state index contributed by atoms with van der Waals surface area (Å²) in [5.41, 5.74) is 0.392. The summed E-state index contributed by atoms with van der Waals surface area (Å²) in [7, 11) is 0. The van der Waals surface area contributed by atoms with Crippen LogP contribution in [0.3, 0.4) is 0 Å². The summed E-state index contributed by atoms with van der Waals surface area (Å²) in [5.74, 6) is -1.53. The van der Waals surface area contributed by atoms with Crippen LogP contribution in [0, 0.1) is 12.7 Å². The number of rotatable bonds is 7. The monoisotopic (exact) mass is 525 g/mol. The third-order valence-corrected chi connectivity index (χ3v) is 6.41. The fourth-order valence-electron chi connectivity index (χ4n) is 4.46. The van der Waals surface area contributed by atoms with Crippen LogP contribution in [0.15, 0.2) is 71.5 Å². The average molecular weight is 526 g/mol. The van der Waals surface area contributed by atoms with E-state index >= 15 is 0 Å². The minimum atomic E-state index is -4.88. The van der Waals surface area contributed by atoms with E-state index in [1.165, 1.54) is 15.5 Å². The number of para-hydroxylation sites is 1. The third-order valence-electron chi connectivity index (χ3n) is 6.41. The van der Waals surface area contributed by atoms with Crippen molar-refractivity contribution < 1.29 is 22.4 Å². The summed E-state index contributed by atoms with van der Waals surface area (Å²) >= 11 is 0. The second kappa shape index (κ2) is 10.8. The van der Waals surface area contributed by atoms with Crippen molar-refractivity contribution in [3.63, 3.8) is 0 Å². The van der Waals surface area contributed by atoms with E-state index in [0.717, 1.165) is 11.6 Å². The van der Waals surface area contributed by atoms with Crippen LogP contribution in [0.5, 0.6) is 0 Å². The minimum absolute atomic E-state index is 0.0411. The zero-order chi connectivity index (χ0) is 27.6. The highest BCUT2D eigenvalue weighted by atomic mass is 19.4. The van der Waals surface area contributed by atoms with Crippen molar-refractivity contribution in [2.75, 3.05) is 6.54 Å². The van der Waals surface area contributed by atoms with Crippen LogP contribution < -0.4 is 5.56 Å². The summed E-state index contributed by atoms with van der Waals surface area (Å²) in [6.07, 6.45) is -4.68. The number of benzene rings is 3. The number of hydrogen-bond donors (Lipinski definition) is 0. The van der Waals surface area contributed by atoms with Crippen LogP contribution >= 0.6 is 0 Å². The van der Waals surface area contributed by atoms with E-state index in [4.69, 9.17) is 4.98 Å². The van der Waals surface area contributed by atoms with E-state index in [1.807, 2.05) is 26.0 Å². The maximum atomic E-state index is 13.8. The van der Waals surface area contributed by atoms with E-state index < -0.39 is 29.5 Å². The zero-order valence-electron chi connectivity index (χ0n) is 21.2. The van der Waals surface area contributed by atoms with Gasteiger partial charge in [0.15, 0.2) is 0 Å². The van der Waals surface area contributed by atoms with Crippen LogP contribution in [0.25, 0.3) is 16.6 Å². The van der Waals surface area contributed by atoms with E-state index in [0.29, 0.717) is 34.9 Å². The highest BCUT2D eigenvalue weighted by molar-refractivity contribution is 5.80. The lowest BCUT2D eigenvalue weighted by Crippen LogP contribution is -2.38. The number of fused-ring (bicyclic) bond motifs is 1. The lowest BCUT2D eigenvalue weighted by Gasteiger charge is -2.30. The van der Waals surface area contributed by atoms with Gasteiger partial charge >= 0.3 is 6.18 Å². The number of carbonyl (C=O) groups is 1. The van der Waals surface area contributed by atoms with Gasteiger partial charge in [0, 0.05) is 6.54 Å². The fraction of sp³-hybridized carbons (Fsp3) is 0.276. The molecule has 3 aromatic carbocycles. The predicted molar refractivity (Wildman–Crippen MR) is 138 cm³/mol. The second-order valence-electron chi connectivity index (χ2n) is 9.22. The minimum Gasteiger partial charge on any atom is -0.332 e. The molecule has 1 amide bonds. The van der Waals surface area contributed by atoms with E-state index in [-0.39, 0.29) is 24.1 Å². The third kappa shape index (κ3) is 5.46. The lowest BCUT2D eigenvalue weighted by molar-refractivity contribution is -0.140. The number of alkyl halides is 3. The number of carbonyl (C=O) groups excluding carboxylic acids is 1. The van der Waals surface area contributed by atoms with Gasteiger partial charge in [0.05, 0.1) is 34.6 Å². The summed E-state index contributed by atoms with van der Waals surface area (Å²) < 4.78 is 54.9. The molecule has 0 bridgehead atoms. The van der Waals surface area contributed by atoms with Gasteiger partial charge in [-0.25, -0.2) is 9.37 Å². The molecule has 1 heterocycles. The van der Waals surface area contributed by atoms with Gasteiger partial charge < -0.3 is 4.90 Å². The van der Waals surface area contributed by atoms with Gasteiger partial charge in [-0.2, -0.15) is 13.2 Å². The molecule has 198 valence electrons. The van der Waals surface area contributed by atoms with Gasteiger partial charge in [0.25, 0.3) is 5.56 Å². The van der Waals surface area contributed by atoms with Gasteiger partial charge in [0.1, 0.15) is 11.6 Å². The topological polar surface area (TPSA) is 55.2 Å². The smallest absolute Gasteiger partial charge is 0.332 e. The largest absolute Gasteiger partial charge is 0.419 e. The quantitative estimate of drug-likeness (QED) is 0.263. The number of nitrogens with zero attached hydrogens (tertiary/aromatic N) is 3. The van der Waals surface area contributed by atoms with Gasteiger partial charge in [-0.15, -0.1) is 0 Å². The standard InChI is InChI=1S/C29H27F4N3O2/c1-4-15-35(26(37)17-20-11-14-24(30)23(16-20)29(31,32)33)19(3)27-34-25-8-6-5-7-22(25)28(38)36(27)21-12-9-18(2)10-13-21/h5-14,16,19H,4,15,17H2,1-3H3/t19-/m1/s1. The van der Waals surface area contributed by atoms with Crippen molar-refractivity contribution in [1.82, 2.24) is 14.5 Å². The van der Waals surface area contributed by atoms with Crippen molar-refractivity contribution in [2.45, 2.75) is 45.8 Å². The first-order valence-electron chi connectivity index (χ1n) is 12.2. The molecule has 0 N–H and O–H groups in total. The molecule has 0 saturated carbocycles. The van der Waals surface area contributed by atoms with Crippen LogP contribution in [-0.4, -0.2) is 26.9 Å². The molecule has 38 heavy (non-hydrogen) atoms. The van der Waals surface area contributed by atoms with Gasteiger partial charge in [-0.1, -0.05) is 42.8 Å². The molecule has 0 radical (unpaired) electrons. The molecule has 0 fully saturated rings. The number of halogens is 4. The van der Waals surface area contributed by atoms with Gasteiger partial charge in [0.2, 0.25) is 5.91 Å². The molecule has 0 aliphatic carbocycles. The maximum absolute atomic E-state index is 13.8. The highest BCUT2D eigenvalue weighted by Gasteiger charge is 2.34. The Hall–Kier alpha value is -4.01. The summed E-state index contributed by atoms with van der Waals surface area (Å²) in [6, 6.07) is 16.1. The molecule has 9 heteroatoms. The Morgan fingerprint density at radius 3 is 2.39 bits per heavy atom. The van der Waals surface area contributed by atoms with Crippen molar-refractivity contribution in [1.29, 1.82) is 0 Å². The molecule has 4 rings (SSSR count). The normalized spacial score (nSPS) is 12.5. The molecule has 0 saturated heterocycles. The molecule has 1 atom stereocenters. The molecule has 4 aromatic rings. The van der Waals surface area contributed by atoms with Crippen LogP contribution in [0.1, 0.15) is 48.8 Å². The summed E-state index contributed by atoms with van der Waals surface area (Å²) in [4.78, 5) is 33.3. The Labute approximate surface area is 217 Å². The van der Waals surface area contributed by atoms with E-state index in [2.05, 4.69) is 0 Å². The van der Waals surface area contributed by atoms with Crippen molar-refractivity contribution in [3.8, 4) is 5.69 Å². The van der Waals surface area contributed by atoms with Crippen molar-refractivity contribution >= 4 is 16.8 Å². The highest BCUT2D eigenvalue weighted by Crippen LogP contribution is 2.32. The number of aryl methyl sites for hydroxylation is 1. The Balaban J connectivity index is 1.78. The Morgan fingerprint density at radius 1 is 1.05 bits per heavy atom. The summed E-state index contributed by atoms with van der Waals surface area (Å²) in [6.45, 7) is 5.81. The average Bonchev–Trinajstić information content (AvgIpc) is 2.88. The number of hydrogen-bond acceptors (Lipinski definition) is 3. The SMILES string of the molecule is CCCN(C(=O)Cc1ccc(F)c(C(F)(F)F)c1)[C@H](C)c1nc2ccccc2c(=O)n1-c1ccc(C)cc1. The van der Waals surface area contributed by atoms with Gasteiger partial charge in [-0.3, -0.25) is 14.2 Å². The first kappa shape index (κ1) is 27.0. The summed E-state index contributed by atoms with van der Waals surface area (Å²) in [5, 5.41) is 0.420. The van der Waals surface area contributed by atoms with Crippen molar-refractivity contribution in [2.24, 2.45) is 0 Å². The fourth-order valence-corrected chi connectivity index (χ4v) is 4.46. The Morgan fingerprint density at radius 2 is 1.74 bits per heavy atom. The first-order valence-corrected chi connectivity index (χ1v) is 12.2. The molecule has 5 nitrogen and oxygen atoms in total. The second-order valence-corrected chi connectivity index (χ2v) is 9.22. The molecule has 0 aliphatic heterocycles. The number of amides is 1. The number of aromatic nitrogens is 2. The molecule has 0 spiro atoms. The molecular weight excluding hydrogens is 498 g/mol. The van der Waals surface area contributed by atoms with E-state index in [1.54, 1.807) is 43.3 Å². The molecular formula is C29H27F4N3O2. The maximum Gasteiger partial charge on any atom is 0.419 e. The Kier molecular flexibility index (Phi) is 7.66. The van der Waals surface area contributed by atoms with Crippen LogP contribution in [0.4, 0.5) is 17.6 Å². The van der Waals surface area contributed by atoms with Gasteiger partial charge in [-0.05, 0) is 62.2 Å². The zero-order valence-corrected chi connectivity index (χ0v) is 21.2. The Bertz CT molecular complexity index is 1530. The predicted octanol–water partition coefficient (Wildman–Crippen LogP) is 6.39. The van der Waals surface area contributed by atoms with Crippen molar-refractivity contribution in [3.05, 3.63) is 105 Å². The van der Waals surface area contributed by atoms with E-state index in [9.17, 15) is 27.2 Å². The lowest BCUT2D eigenvalue weighted by atomic mass is 10.1. The molecule has 0 aliphatic rings. The molecule has 1 aromatic heterocycles. The molecule has 0 unspecified atom stereocenters. The van der Waals surface area contributed by atoms with Crippen LogP contribution in [0.2, 0.25) is 0 Å². The first-order chi connectivity index (χ1) is 18.0. The van der Waals surface area contributed by atoms with Crippen LogP contribution in [-0.2, 0) is 17.4 Å².